The molecule has 12 heteroatoms. The number of nitrogens with one attached hydrogen (secondary N) is 2. The predicted molar refractivity (Wildman–Crippen MR) is 127 cm³/mol. The van der Waals surface area contributed by atoms with E-state index in [0.29, 0.717) is 39.3 Å². The summed E-state index contributed by atoms with van der Waals surface area (Å²) in [5, 5.41) is 10.2. The fourth-order valence-electron chi connectivity index (χ4n) is 4.15. The van der Waals surface area contributed by atoms with Crippen molar-refractivity contribution >= 4 is 51.4 Å². The molecule has 0 aliphatic heterocycles. The highest BCUT2D eigenvalue weighted by Gasteiger charge is 2.43. The van der Waals surface area contributed by atoms with Gasteiger partial charge in [-0.05, 0) is 24.6 Å². The van der Waals surface area contributed by atoms with Gasteiger partial charge in [-0.1, -0.05) is 11.6 Å². The van der Waals surface area contributed by atoms with E-state index in [1.165, 1.54) is 6.33 Å². The largest absolute Gasteiger partial charge is 0.325 e. The third kappa shape index (κ3) is 3.55. The number of rotatable bonds is 5. The van der Waals surface area contributed by atoms with Gasteiger partial charge in [-0.25, -0.2) is 23.7 Å². The molecule has 4 aromatic heterocycles. The van der Waals surface area contributed by atoms with Crippen molar-refractivity contribution in [2.45, 2.75) is 12.6 Å². The maximum absolute atomic E-state index is 15.7. The van der Waals surface area contributed by atoms with Gasteiger partial charge in [0.15, 0.2) is 11.6 Å². The van der Waals surface area contributed by atoms with Gasteiger partial charge in [-0.2, -0.15) is 5.10 Å². The van der Waals surface area contributed by atoms with Crippen LogP contribution >= 0.6 is 11.6 Å². The molecule has 35 heavy (non-hydrogen) atoms. The predicted octanol–water partition coefficient (Wildman–Crippen LogP) is 4.52. The molecule has 9 nitrogen and oxygen atoms in total. The molecule has 0 radical (unpaired) electrons. The number of hydrogen-bond acceptors (Lipinski definition) is 6. The normalized spacial score (nSPS) is 17.1. The summed E-state index contributed by atoms with van der Waals surface area (Å²) in [6, 6.07) is 5.14. The average Bonchev–Trinajstić information content (AvgIpc) is 3.22. The van der Waals surface area contributed by atoms with Crippen LogP contribution in [0.25, 0.3) is 27.7 Å². The molecular weight excluding hydrogens is 478 g/mol. The number of aromatic nitrogens is 6. The monoisotopic (exact) mass is 494 g/mol. The third-order valence-electron chi connectivity index (χ3n) is 6.05. The molecule has 0 unspecified atom stereocenters. The van der Waals surface area contributed by atoms with Crippen molar-refractivity contribution in [2.75, 3.05) is 17.3 Å². The number of aromatic amines is 1. The van der Waals surface area contributed by atoms with E-state index in [2.05, 4.69) is 30.5 Å². The molecule has 1 saturated carbocycles. The topological polar surface area (TPSA) is 104 Å². The summed E-state index contributed by atoms with van der Waals surface area (Å²) in [5.41, 5.74) is 2.27. The Labute approximate surface area is 201 Å². The molecule has 1 amide bonds. The number of H-pyrrole nitrogens is 1. The van der Waals surface area contributed by atoms with Gasteiger partial charge in [0, 0.05) is 36.0 Å². The van der Waals surface area contributed by atoms with Crippen LogP contribution in [0, 0.1) is 11.7 Å². The minimum absolute atomic E-state index is 0.0782. The number of pyridine rings is 1. The van der Waals surface area contributed by atoms with E-state index >= 15 is 4.39 Å². The molecule has 1 aromatic carbocycles. The Morgan fingerprint density at radius 3 is 2.89 bits per heavy atom. The number of imidazole rings is 1. The first-order valence-corrected chi connectivity index (χ1v) is 11.1. The summed E-state index contributed by atoms with van der Waals surface area (Å²) < 4.78 is 30.6. The SMILES string of the molecule is CN(c1ccncn1)c1c(F)c(Cl)c(-c2ccc3nc(NC(=O)[C@@H]4C[C@@H]4F)cn3c2)c2cn[nH]c12. The number of benzene rings is 1. The number of anilines is 3. The molecule has 0 bridgehead atoms. The lowest BCUT2D eigenvalue weighted by Gasteiger charge is -2.21. The van der Waals surface area contributed by atoms with Crippen LogP contribution in [0.3, 0.4) is 0 Å². The van der Waals surface area contributed by atoms with Gasteiger partial charge in [0.1, 0.15) is 29.7 Å². The molecule has 1 aliphatic rings. The highest BCUT2D eigenvalue weighted by Crippen LogP contribution is 2.43. The zero-order chi connectivity index (χ0) is 24.3. The number of halogens is 3. The Hall–Kier alpha value is -4.12. The summed E-state index contributed by atoms with van der Waals surface area (Å²) >= 11 is 6.59. The van der Waals surface area contributed by atoms with E-state index in [-0.39, 0.29) is 17.1 Å². The molecule has 0 saturated heterocycles. The van der Waals surface area contributed by atoms with Gasteiger partial charge in [-0.15, -0.1) is 0 Å². The van der Waals surface area contributed by atoms with Crippen LogP contribution in [-0.4, -0.2) is 48.7 Å². The zero-order valence-electron chi connectivity index (χ0n) is 18.2. The fraction of sp³-hybridized carbons (Fsp3) is 0.174. The van der Waals surface area contributed by atoms with Gasteiger partial charge in [0.05, 0.1) is 28.9 Å². The molecule has 4 heterocycles. The summed E-state index contributed by atoms with van der Waals surface area (Å²) in [4.78, 5) is 26.1. The van der Waals surface area contributed by atoms with Gasteiger partial charge in [-0.3, -0.25) is 9.89 Å². The summed E-state index contributed by atoms with van der Waals surface area (Å²) in [7, 11) is 1.68. The van der Waals surface area contributed by atoms with Crippen LogP contribution in [0.1, 0.15) is 6.42 Å². The Kier molecular flexibility index (Phi) is 4.88. The minimum Gasteiger partial charge on any atom is -0.325 e. The van der Waals surface area contributed by atoms with E-state index in [0.717, 1.165) is 0 Å². The summed E-state index contributed by atoms with van der Waals surface area (Å²) in [5.74, 6) is -0.860. The van der Waals surface area contributed by atoms with Crippen LogP contribution in [0.15, 0.2) is 49.3 Å². The molecule has 176 valence electrons. The summed E-state index contributed by atoms with van der Waals surface area (Å²) in [6.07, 6.45) is 7.00. The number of amides is 1. The smallest absolute Gasteiger partial charge is 0.231 e. The molecule has 1 fully saturated rings. The Morgan fingerprint density at radius 2 is 2.14 bits per heavy atom. The molecule has 2 N–H and O–H groups in total. The van der Waals surface area contributed by atoms with E-state index in [4.69, 9.17) is 11.6 Å². The highest BCUT2D eigenvalue weighted by molar-refractivity contribution is 6.36. The standard InChI is InChI=1S/C23H17ClF2N8O/c1-33(16-4-5-27-10-28-16)22-20(26)19(24)18(13-7-29-32-21(13)22)11-2-3-17-30-15(9-34(17)8-11)31-23(35)12-6-14(12)25/h2-5,7-10,12,14H,6H2,1H3,(H,29,32)(H,31,35)/t12-,14+/m1/s1. The lowest BCUT2D eigenvalue weighted by atomic mass is 10.0. The van der Waals surface area contributed by atoms with Gasteiger partial charge in [0.2, 0.25) is 5.91 Å². The number of carbonyl (C=O) groups excluding carboxylic acids is 1. The summed E-state index contributed by atoms with van der Waals surface area (Å²) in [6.45, 7) is 0. The van der Waals surface area contributed by atoms with Gasteiger partial charge < -0.3 is 14.6 Å². The Morgan fingerprint density at radius 1 is 1.31 bits per heavy atom. The van der Waals surface area contributed by atoms with E-state index in [1.807, 2.05) is 0 Å². The van der Waals surface area contributed by atoms with Crippen molar-refractivity contribution in [3.8, 4) is 11.1 Å². The number of hydrogen-bond donors (Lipinski definition) is 2. The lowest BCUT2D eigenvalue weighted by Crippen LogP contribution is -2.15. The quantitative estimate of drug-likeness (QED) is 0.372. The maximum Gasteiger partial charge on any atom is 0.231 e. The lowest BCUT2D eigenvalue weighted by molar-refractivity contribution is -0.117. The van der Waals surface area contributed by atoms with Crippen LogP contribution in [-0.2, 0) is 4.79 Å². The number of alkyl halides is 1. The van der Waals surface area contributed by atoms with Crippen LogP contribution < -0.4 is 10.2 Å². The van der Waals surface area contributed by atoms with Crippen molar-refractivity contribution in [3.05, 3.63) is 60.2 Å². The molecule has 1 aliphatic carbocycles. The first kappa shape index (κ1) is 21.4. The van der Waals surface area contributed by atoms with Crippen LogP contribution in [0.2, 0.25) is 5.02 Å². The third-order valence-corrected chi connectivity index (χ3v) is 6.41. The average molecular weight is 495 g/mol. The second kappa shape index (κ2) is 7.98. The number of carbonyl (C=O) groups is 1. The zero-order valence-corrected chi connectivity index (χ0v) is 19.0. The van der Waals surface area contributed by atoms with E-state index < -0.39 is 23.8 Å². The van der Waals surface area contributed by atoms with Crippen molar-refractivity contribution in [3.63, 3.8) is 0 Å². The van der Waals surface area contributed by atoms with Gasteiger partial charge in [0.25, 0.3) is 0 Å². The molecule has 5 aromatic rings. The maximum atomic E-state index is 15.7. The van der Waals surface area contributed by atoms with Crippen molar-refractivity contribution < 1.29 is 13.6 Å². The van der Waals surface area contributed by atoms with E-state index in [9.17, 15) is 9.18 Å². The second-order valence-corrected chi connectivity index (χ2v) is 8.67. The fourth-order valence-corrected chi connectivity index (χ4v) is 4.45. The number of fused-ring (bicyclic) bond motifs is 2. The molecular formula is C23H17ClF2N8O. The minimum atomic E-state index is -1.09. The molecule has 2 atom stereocenters. The first-order valence-electron chi connectivity index (χ1n) is 10.7. The molecule has 6 rings (SSSR count). The Balaban J connectivity index is 1.43. The molecule has 0 spiro atoms. The van der Waals surface area contributed by atoms with Crippen molar-refractivity contribution in [2.24, 2.45) is 5.92 Å². The highest BCUT2D eigenvalue weighted by atomic mass is 35.5. The van der Waals surface area contributed by atoms with Crippen LogP contribution in [0.4, 0.5) is 26.1 Å². The van der Waals surface area contributed by atoms with Gasteiger partial charge >= 0.3 is 0 Å². The number of nitrogens with zero attached hydrogens (tertiary/aromatic N) is 6. The Bertz CT molecular complexity index is 1600. The first-order chi connectivity index (χ1) is 16.9. The van der Waals surface area contributed by atoms with E-state index in [1.54, 1.807) is 59.3 Å². The van der Waals surface area contributed by atoms with Crippen molar-refractivity contribution in [1.82, 2.24) is 29.5 Å². The van der Waals surface area contributed by atoms with Crippen LogP contribution in [0.5, 0.6) is 0 Å². The van der Waals surface area contributed by atoms with Crippen molar-refractivity contribution in [1.29, 1.82) is 0 Å². The second-order valence-electron chi connectivity index (χ2n) is 8.29.